The minimum Gasteiger partial charge on any atom is -0.493 e. The molecule has 0 amide bonds. The number of hydrogen-bond donors (Lipinski definition) is 2. The molecule has 3 N–H and O–H groups in total. The summed E-state index contributed by atoms with van der Waals surface area (Å²) in [4.78, 5) is 0. The second-order valence-corrected chi connectivity index (χ2v) is 5.19. The Kier molecular flexibility index (Phi) is 4.87. The molecule has 0 bridgehead atoms. The zero-order valence-electron chi connectivity index (χ0n) is 11.1. The fourth-order valence-electron chi connectivity index (χ4n) is 1.78. The van der Waals surface area contributed by atoms with Crippen LogP contribution in [0.3, 0.4) is 0 Å². The summed E-state index contributed by atoms with van der Waals surface area (Å²) < 4.78 is 11.9. The van der Waals surface area contributed by atoms with Gasteiger partial charge >= 0.3 is 0 Å². The number of benzene rings is 2. The quantitative estimate of drug-likeness (QED) is 0.823. The Morgan fingerprint density at radius 1 is 1.15 bits per heavy atom. The highest BCUT2D eigenvalue weighted by molar-refractivity contribution is 9.10. The van der Waals surface area contributed by atoms with E-state index >= 15 is 0 Å². The minimum atomic E-state index is -0.0314. The van der Waals surface area contributed by atoms with E-state index in [-0.39, 0.29) is 6.61 Å². The number of aliphatic hydroxyl groups is 1. The van der Waals surface area contributed by atoms with Gasteiger partial charge in [-0.3, -0.25) is 0 Å². The van der Waals surface area contributed by atoms with E-state index in [1.54, 1.807) is 25.3 Å². The van der Waals surface area contributed by atoms with Gasteiger partial charge in [-0.25, -0.2) is 0 Å². The summed E-state index contributed by atoms with van der Waals surface area (Å²) in [5.74, 6) is 1.21. The second-order valence-electron chi connectivity index (χ2n) is 4.28. The topological polar surface area (TPSA) is 64.7 Å². The normalized spacial score (nSPS) is 10.3. The highest BCUT2D eigenvalue weighted by Crippen LogP contribution is 2.29. The van der Waals surface area contributed by atoms with E-state index in [1.807, 2.05) is 18.2 Å². The first-order valence-electron chi connectivity index (χ1n) is 6.08. The standard InChI is InChI=1S/C15H16BrNO3/c1-19-15-6-10(8-18)2-5-14(15)20-9-11-3-4-12(16)7-13(11)17/h2-7,18H,8-9,17H2,1H3. The predicted molar refractivity (Wildman–Crippen MR) is 81.8 cm³/mol. The van der Waals surface area contributed by atoms with E-state index in [1.165, 1.54) is 0 Å². The Hall–Kier alpha value is -1.72. The van der Waals surface area contributed by atoms with Crippen molar-refractivity contribution < 1.29 is 14.6 Å². The number of halogens is 1. The van der Waals surface area contributed by atoms with Crippen LogP contribution in [0, 0.1) is 0 Å². The first kappa shape index (κ1) is 14.7. The Labute approximate surface area is 126 Å². The van der Waals surface area contributed by atoms with Gasteiger partial charge in [0.1, 0.15) is 6.61 Å². The number of nitrogens with two attached hydrogens (primary N) is 1. The Bertz CT molecular complexity index is 602. The summed E-state index contributed by atoms with van der Waals surface area (Å²) in [5, 5.41) is 9.10. The maximum absolute atomic E-state index is 9.10. The van der Waals surface area contributed by atoms with Gasteiger partial charge in [0.25, 0.3) is 0 Å². The summed E-state index contributed by atoms with van der Waals surface area (Å²) in [6, 6.07) is 11.0. The lowest BCUT2D eigenvalue weighted by Gasteiger charge is -2.13. The summed E-state index contributed by atoms with van der Waals surface area (Å²) in [7, 11) is 1.57. The smallest absolute Gasteiger partial charge is 0.161 e. The van der Waals surface area contributed by atoms with Crippen LogP contribution in [0.2, 0.25) is 0 Å². The van der Waals surface area contributed by atoms with E-state index in [9.17, 15) is 0 Å². The van der Waals surface area contributed by atoms with Crippen molar-refractivity contribution in [1.29, 1.82) is 0 Å². The van der Waals surface area contributed by atoms with E-state index in [0.29, 0.717) is 23.8 Å². The van der Waals surface area contributed by atoms with Crippen LogP contribution >= 0.6 is 15.9 Å². The molecule has 4 nitrogen and oxygen atoms in total. The molecule has 2 rings (SSSR count). The van der Waals surface area contributed by atoms with Gasteiger partial charge in [0.2, 0.25) is 0 Å². The van der Waals surface area contributed by atoms with Crippen LogP contribution in [-0.4, -0.2) is 12.2 Å². The maximum atomic E-state index is 9.10. The van der Waals surface area contributed by atoms with Crippen LogP contribution in [0.4, 0.5) is 5.69 Å². The van der Waals surface area contributed by atoms with Crippen molar-refractivity contribution in [2.75, 3.05) is 12.8 Å². The average Bonchev–Trinajstić information content (AvgIpc) is 2.46. The molecule has 0 aliphatic rings. The van der Waals surface area contributed by atoms with Crippen molar-refractivity contribution in [3.63, 3.8) is 0 Å². The SMILES string of the molecule is COc1cc(CO)ccc1OCc1ccc(Br)cc1N. The van der Waals surface area contributed by atoms with E-state index < -0.39 is 0 Å². The van der Waals surface area contributed by atoms with E-state index in [2.05, 4.69) is 15.9 Å². The van der Waals surface area contributed by atoms with Crippen molar-refractivity contribution in [2.45, 2.75) is 13.2 Å². The zero-order valence-corrected chi connectivity index (χ0v) is 12.7. The van der Waals surface area contributed by atoms with Gasteiger partial charge in [0, 0.05) is 15.7 Å². The Morgan fingerprint density at radius 3 is 2.60 bits per heavy atom. The molecule has 2 aromatic carbocycles. The number of methoxy groups -OCH3 is 1. The molecule has 106 valence electrons. The lowest BCUT2D eigenvalue weighted by atomic mass is 10.2. The van der Waals surface area contributed by atoms with E-state index in [0.717, 1.165) is 15.6 Å². The van der Waals surface area contributed by atoms with Crippen molar-refractivity contribution in [1.82, 2.24) is 0 Å². The van der Waals surface area contributed by atoms with Crippen LogP contribution in [0.1, 0.15) is 11.1 Å². The monoisotopic (exact) mass is 337 g/mol. The van der Waals surface area contributed by atoms with Crippen molar-refractivity contribution >= 4 is 21.6 Å². The lowest BCUT2D eigenvalue weighted by Crippen LogP contribution is -2.01. The highest BCUT2D eigenvalue weighted by atomic mass is 79.9. The predicted octanol–water partition coefficient (Wildman–Crippen LogP) is 3.11. The number of ether oxygens (including phenoxy) is 2. The Morgan fingerprint density at radius 2 is 1.95 bits per heavy atom. The fraction of sp³-hybridized carbons (Fsp3) is 0.200. The average molecular weight is 338 g/mol. The molecule has 0 spiro atoms. The third kappa shape index (κ3) is 3.43. The molecular weight excluding hydrogens is 322 g/mol. The van der Waals surface area contributed by atoms with Gasteiger partial charge in [-0.1, -0.05) is 28.1 Å². The van der Waals surface area contributed by atoms with Crippen LogP contribution in [0.5, 0.6) is 11.5 Å². The first-order valence-corrected chi connectivity index (χ1v) is 6.88. The van der Waals surface area contributed by atoms with Crippen LogP contribution < -0.4 is 15.2 Å². The second kappa shape index (κ2) is 6.63. The molecule has 0 heterocycles. The summed E-state index contributed by atoms with van der Waals surface area (Å²) >= 11 is 3.37. The van der Waals surface area contributed by atoms with Gasteiger partial charge in [0.05, 0.1) is 13.7 Å². The molecule has 2 aromatic rings. The molecule has 0 atom stereocenters. The molecule has 0 aliphatic heterocycles. The van der Waals surface area contributed by atoms with Crippen LogP contribution in [0.25, 0.3) is 0 Å². The van der Waals surface area contributed by atoms with Gasteiger partial charge in [-0.2, -0.15) is 0 Å². The minimum absolute atomic E-state index is 0.0314. The van der Waals surface area contributed by atoms with Crippen LogP contribution in [0.15, 0.2) is 40.9 Å². The summed E-state index contributed by atoms with van der Waals surface area (Å²) in [6.07, 6.45) is 0. The molecule has 5 heteroatoms. The van der Waals surface area contributed by atoms with Crippen LogP contribution in [-0.2, 0) is 13.2 Å². The van der Waals surface area contributed by atoms with Gasteiger partial charge in [-0.15, -0.1) is 0 Å². The number of rotatable bonds is 5. The summed E-state index contributed by atoms with van der Waals surface area (Å²) in [6.45, 7) is 0.324. The molecule has 0 saturated heterocycles. The zero-order chi connectivity index (χ0) is 14.5. The summed E-state index contributed by atoms with van der Waals surface area (Å²) in [5.41, 5.74) is 8.28. The molecule has 0 unspecified atom stereocenters. The first-order chi connectivity index (χ1) is 9.63. The van der Waals surface area contributed by atoms with E-state index in [4.69, 9.17) is 20.3 Å². The number of anilines is 1. The lowest BCUT2D eigenvalue weighted by molar-refractivity contribution is 0.274. The number of nitrogen functional groups attached to an aromatic ring is 1. The number of hydrogen-bond acceptors (Lipinski definition) is 4. The van der Waals surface area contributed by atoms with Gasteiger partial charge < -0.3 is 20.3 Å². The molecule has 0 saturated carbocycles. The molecule has 0 aliphatic carbocycles. The Balaban J connectivity index is 2.14. The van der Waals surface area contributed by atoms with Gasteiger partial charge in [-0.05, 0) is 29.8 Å². The maximum Gasteiger partial charge on any atom is 0.161 e. The molecule has 0 fully saturated rings. The van der Waals surface area contributed by atoms with Crippen molar-refractivity contribution in [2.24, 2.45) is 0 Å². The third-order valence-electron chi connectivity index (χ3n) is 2.90. The third-order valence-corrected chi connectivity index (χ3v) is 3.39. The molecule has 0 radical (unpaired) electrons. The van der Waals surface area contributed by atoms with Crippen molar-refractivity contribution in [3.8, 4) is 11.5 Å². The fourth-order valence-corrected chi connectivity index (χ4v) is 2.16. The van der Waals surface area contributed by atoms with Gasteiger partial charge in [0.15, 0.2) is 11.5 Å². The van der Waals surface area contributed by atoms with Crippen molar-refractivity contribution in [3.05, 3.63) is 52.0 Å². The largest absolute Gasteiger partial charge is 0.493 e. The number of aliphatic hydroxyl groups excluding tert-OH is 1. The highest BCUT2D eigenvalue weighted by Gasteiger charge is 2.07. The molecule has 20 heavy (non-hydrogen) atoms. The molecule has 0 aromatic heterocycles. The molecular formula is C15H16BrNO3.